The van der Waals surface area contributed by atoms with Gasteiger partial charge in [0.2, 0.25) is 5.91 Å². The predicted octanol–water partition coefficient (Wildman–Crippen LogP) is 5.42. The van der Waals surface area contributed by atoms with E-state index in [-0.39, 0.29) is 17.1 Å². The SMILES string of the molecule is CC(C)(C)c1ccc(NC(=O)CSc2nnc(-c3ccncc3)n2Cc2ccccc2)cc1. The van der Waals surface area contributed by atoms with Gasteiger partial charge in [-0.1, -0.05) is 75.0 Å². The predicted molar refractivity (Wildman–Crippen MR) is 133 cm³/mol. The molecule has 2 aromatic heterocycles. The van der Waals surface area contributed by atoms with Crippen molar-refractivity contribution in [1.82, 2.24) is 19.7 Å². The van der Waals surface area contributed by atoms with Crippen molar-refractivity contribution in [3.05, 3.63) is 90.3 Å². The number of thioether (sulfide) groups is 1. The summed E-state index contributed by atoms with van der Waals surface area (Å²) < 4.78 is 2.04. The first-order valence-electron chi connectivity index (χ1n) is 10.8. The van der Waals surface area contributed by atoms with Gasteiger partial charge >= 0.3 is 0 Å². The maximum atomic E-state index is 12.6. The number of benzene rings is 2. The van der Waals surface area contributed by atoms with Gasteiger partial charge in [0.05, 0.1) is 12.3 Å². The molecule has 0 spiro atoms. The third kappa shape index (κ3) is 5.87. The van der Waals surface area contributed by atoms with Crippen LogP contribution in [0.15, 0.2) is 84.3 Å². The van der Waals surface area contributed by atoms with Crippen LogP contribution in [0.1, 0.15) is 31.9 Å². The maximum absolute atomic E-state index is 12.6. The van der Waals surface area contributed by atoms with E-state index >= 15 is 0 Å². The summed E-state index contributed by atoms with van der Waals surface area (Å²) in [5, 5.41) is 12.5. The highest BCUT2D eigenvalue weighted by atomic mass is 32.2. The monoisotopic (exact) mass is 457 g/mol. The molecule has 0 fully saturated rings. The quantitative estimate of drug-likeness (QED) is 0.375. The molecule has 1 N–H and O–H groups in total. The number of hydrogen-bond acceptors (Lipinski definition) is 5. The van der Waals surface area contributed by atoms with Crippen molar-refractivity contribution in [2.45, 2.75) is 37.9 Å². The average molecular weight is 458 g/mol. The lowest BCUT2D eigenvalue weighted by Gasteiger charge is -2.19. The first-order chi connectivity index (χ1) is 15.9. The molecular formula is C26H27N5OS. The molecule has 33 heavy (non-hydrogen) atoms. The zero-order chi connectivity index (χ0) is 23.3. The smallest absolute Gasteiger partial charge is 0.234 e. The minimum atomic E-state index is -0.0803. The lowest BCUT2D eigenvalue weighted by Crippen LogP contribution is -2.15. The summed E-state index contributed by atoms with van der Waals surface area (Å²) in [6, 6.07) is 22.0. The van der Waals surface area contributed by atoms with Gasteiger partial charge in [0.1, 0.15) is 0 Å². The zero-order valence-corrected chi connectivity index (χ0v) is 19.8. The van der Waals surface area contributed by atoms with Gasteiger partial charge in [-0.05, 0) is 40.8 Å². The minimum absolute atomic E-state index is 0.0771. The Bertz CT molecular complexity index is 1200. The maximum Gasteiger partial charge on any atom is 0.234 e. The van der Waals surface area contributed by atoms with E-state index in [0.717, 1.165) is 22.6 Å². The Labute approximate surface area is 198 Å². The van der Waals surface area contributed by atoms with Crippen molar-refractivity contribution in [2.75, 3.05) is 11.1 Å². The van der Waals surface area contributed by atoms with Crippen molar-refractivity contribution in [2.24, 2.45) is 0 Å². The largest absolute Gasteiger partial charge is 0.325 e. The van der Waals surface area contributed by atoms with Gasteiger partial charge in [0.15, 0.2) is 11.0 Å². The highest BCUT2D eigenvalue weighted by Crippen LogP contribution is 2.26. The van der Waals surface area contributed by atoms with E-state index in [9.17, 15) is 4.79 Å². The van der Waals surface area contributed by atoms with Gasteiger partial charge in [-0.15, -0.1) is 10.2 Å². The van der Waals surface area contributed by atoms with Crippen molar-refractivity contribution >= 4 is 23.4 Å². The van der Waals surface area contributed by atoms with E-state index in [4.69, 9.17) is 0 Å². The molecule has 0 aliphatic rings. The molecule has 0 unspecified atom stereocenters. The second-order valence-electron chi connectivity index (χ2n) is 8.78. The first kappa shape index (κ1) is 22.7. The summed E-state index contributed by atoms with van der Waals surface area (Å²) in [6.45, 7) is 7.12. The number of pyridine rings is 1. The number of aromatic nitrogens is 4. The molecule has 2 heterocycles. The second kappa shape index (κ2) is 10.0. The van der Waals surface area contributed by atoms with Gasteiger partial charge in [-0.25, -0.2) is 0 Å². The number of rotatable bonds is 7. The van der Waals surface area contributed by atoms with E-state index in [2.05, 4.69) is 65.5 Å². The fourth-order valence-electron chi connectivity index (χ4n) is 3.40. The fraction of sp³-hybridized carbons (Fsp3) is 0.231. The lowest BCUT2D eigenvalue weighted by molar-refractivity contribution is -0.113. The normalized spacial score (nSPS) is 11.4. The number of nitrogens with zero attached hydrogens (tertiary/aromatic N) is 4. The van der Waals surface area contributed by atoms with Gasteiger partial charge < -0.3 is 5.32 Å². The molecule has 1 amide bonds. The average Bonchev–Trinajstić information content (AvgIpc) is 3.21. The molecule has 0 saturated heterocycles. The van der Waals surface area contributed by atoms with E-state index in [0.29, 0.717) is 11.7 Å². The topological polar surface area (TPSA) is 72.7 Å². The first-order valence-corrected chi connectivity index (χ1v) is 11.8. The summed E-state index contributed by atoms with van der Waals surface area (Å²) in [6.07, 6.45) is 3.48. The number of carbonyl (C=O) groups excluding carboxylic acids is 1. The number of nitrogens with one attached hydrogen (secondary N) is 1. The Morgan fingerprint density at radius 2 is 1.64 bits per heavy atom. The molecular weight excluding hydrogens is 430 g/mol. The summed E-state index contributed by atoms with van der Waals surface area (Å²) >= 11 is 1.38. The van der Waals surface area contributed by atoms with E-state index in [1.165, 1.54) is 17.3 Å². The van der Waals surface area contributed by atoms with Crippen molar-refractivity contribution < 1.29 is 4.79 Å². The zero-order valence-electron chi connectivity index (χ0n) is 19.0. The lowest BCUT2D eigenvalue weighted by atomic mass is 9.87. The molecule has 4 aromatic rings. The molecule has 0 atom stereocenters. The van der Waals surface area contributed by atoms with Gasteiger partial charge in [-0.2, -0.15) is 0 Å². The third-order valence-electron chi connectivity index (χ3n) is 5.21. The summed E-state index contributed by atoms with van der Waals surface area (Å²) in [5.41, 5.74) is 4.17. The van der Waals surface area contributed by atoms with Crippen molar-refractivity contribution in [3.8, 4) is 11.4 Å². The number of carbonyl (C=O) groups is 1. The van der Waals surface area contributed by atoms with Crippen LogP contribution in [0.5, 0.6) is 0 Å². The van der Waals surface area contributed by atoms with Crippen LogP contribution in [0.2, 0.25) is 0 Å². The van der Waals surface area contributed by atoms with Crippen LogP contribution >= 0.6 is 11.8 Å². The van der Waals surface area contributed by atoms with Gasteiger partial charge in [0.25, 0.3) is 0 Å². The molecule has 0 aliphatic carbocycles. The Balaban J connectivity index is 1.48. The molecule has 4 rings (SSSR count). The minimum Gasteiger partial charge on any atom is -0.325 e. The van der Waals surface area contributed by atoms with Crippen molar-refractivity contribution in [3.63, 3.8) is 0 Å². The van der Waals surface area contributed by atoms with Crippen LogP contribution in [0.4, 0.5) is 5.69 Å². The molecule has 0 saturated carbocycles. The van der Waals surface area contributed by atoms with Crippen molar-refractivity contribution in [1.29, 1.82) is 0 Å². The third-order valence-corrected chi connectivity index (χ3v) is 6.17. The Hall–Kier alpha value is -3.45. The molecule has 0 aliphatic heterocycles. The molecule has 0 radical (unpaired) electrons. The van der Waals surface area contributed by atoms with Crippen LogP contribution in [0.25, 0.3) is 11.4 Å². The molecule has 0 bridgehead atoms. The molecule has 168 valence electrons. The van der Waals surface area contributed by atoms with Crippen LogP contribution in [-0.4, -0.2) is 31.4 Å². The van der Waals surface area contributed by atoms with Crippen LogP contribution in [-0.2, 0) is 16.8 Å². The Kier molecular flexibility index (Phi) is 6.89. The highest BCUT2D eigenvalue weighted by molar-refractivity contribution is 7.99. The standard InChI is InChI=1S/C26H27N5OS/c1-26(2,3)21-9-11-22(12-10-21)28-23(32)18-33-25-30-29-24(20-13-15-27-16-14-20)31(25)17-19-7-5-4-6-8-19/h4-16H,17-18H2,1-3H3,(H,28,32). The second-order valence-corrected chi connectivity index (χ2v) is 9.72. The molecule has 2 aromatic carbocycles. The summed E-state index contributed by atoms with van der Waals surface area (Å²) in [4.78, 5) is 16.7. The van der Waals surface area contributed by atoms with Crippen LogP contribution < -0.4 is 5.32 Å². The highest BCUT2D eigenvalue weighted by Gasteiger charge is 2.17. The number of amides is 1. The Morgan fingerprint density at radius 3 is 2.30 bits per heavy atom. The summed E-state index contributed by atoms with van der Waals surface area (Å²) in [5.74, 6) is 0.912. The van der Waals surface area contributed by atoms with Crippen LogP contribution in [0.3, 0.4) is 0 Å². The van der Waals surface area contributed by atoms with Gasteiger partial charge in [-0.3, -0.25) is 14.3 Å². The van der Waals surface area contributed by atoms with E-state index < -0.39 is 0 Å². The number of hydrogen-bond donors (Lipinski definition) is 1. The van der Waals surface area contributed by atoms with Gasteiger partial charge in [0, 0.05) is 23.6 Å². The van der Waals surface area contributed by atoms with E-state index in [1.54, 1.807) is 12.4 Å². The molecule has 7 heteroatoms. The fourth-order valence-corrected chi connectivity index (χ4v) is 4.14. The Morgan fingerprint density at radius 1 is 0.939 bits per heavy atom. The van der Waals surface area contributed by atoms with Crippen LogP contribution in [0, 0.1) is 0 Å². The molecule has 6 nitrogen and oxygen atoms in total. The summed E-state index contributed by atoms with van der Waals surface area (Å²) in [7, 11) is 0. The van der Waals surface area contributed by atoms with E-state index in [1.807, 2.05) is 47.0 Å². The number of anilines is 1.